The Morgan fingerprint density at radius 1 is 1.20 bits per heavy atom. The number of nitrogens with one attached hydrogen (secondary N) is 2. The second-order valence-electron chi connectivity index (χ2n) is 5.33. The molecule has 5 heteroatoms. The highest BCUT2D eigenvalue weighted by Gasteiger charge is 2.35. The van der Waals surface area contributed by atoms with Crippen molar-refractivity contribution in [2.24, 2.45) is 0 Å². The van der Waals surface area contributed by atoms with E-state index in [-0.39, 0.29) is 24.6 Å². The number of urea groups is 1. The van der Waals surface area contributed by atoms with Crippen molar-refractivity contribution in [1.82, 2.24) is 10.6 Å². The van der Waals surface area contributed by atoms with Crippen LogP contribution in [0.3, 0.4) is 0 Å². The van der Waals surface area contributed by atoms with Crippen LogP contribution >= 0.6 is 15.9 Å². The quantitative estimate of drug-likeness (QED) is 0.771. The number of aliphatic hydroxyl groups excluding tert-OH is 1. The van der Waals surface area contributed by atoms with Gasteiger partial charge in [-0.15, -0.1) is 0 Å². The zero-order chi connectivity index (χ0) is 14.4. The molecule has 0 saturated heterocycles. The Morgan fingerprint density at radius 3 is 2.45 bits per heavy atom. The minimum Gasteiger partial charge on any atom is -0.395 e. The molecule has 0 aliphatic heterocycles. The van der Waals surface area contributed by atoms with Gasteiger partial charge in [0.1, 0.15) is 0 Å². The lowest BCUT2D eigenvalue weighted by molar-refractivity contribution is 0.231. The van der Waals surface area contributed by atoms with Crippen molar-refractivity contribution in [3.8, 4) is 0 Å². The average Bonchev–Trinajstić information content (AvgIpc) is 2.93. The van der Waals surface area contributed by atoms with Crippen LogP contribution in [-0.2, 0) is 5.41 Å². The third-order valence-corrected chi connectivity index (χ3v) is 4.53. The third-order valence-electron chi connectivity index (χ3n) is 4.00. The first-order valence-corrected chi connectivity index (χ1v) is 7.84. The lowest BCUT2D eigenvalue weighted by Gasteiger charge is -2.30. The van der Waals surface area contributed by atoms with E-state index in [1.165, 1.54) is 18.4 Å². The summed E-state index contributed by atoms with van der Waals surface area (Å²) < 4.78 is 1.07. The Labute approximate surface area is 128 Å². The molecule has 0 atom stereocenters. The number of benzene rings is 1. The maximum absolute atomic E-state index is 11.6. The summed E-state index contributed by atoms with van der Waals surface area (Å²) in [5.41, 5.74) is 1.35. The van der Waals surface area contributed by atoms with E-state index in [2.05, 4.69) is 50.8 Å². The second-order valence-corrected chi connectivity index (χ2v) is 6.24. The van der Waals surface area contributed by atoms with Crippen LogP contribution in [0.4, 0.5) is 4.79 Å². The fraction of sp³-hybridized carbons (Fsp3) is 0.533. The summed E-state index contributed by atoms with van der Waals surface area (Å²) in [4.78, 5) is 11.6. The summed E-state index contributed by atoms with van der Waals surface area (Å²) in [7, 11) is 0. The molecule has 1 aromatic rings. The van der Waals surface area contributed by atoms with Crippen LogP contribution in [0.5, 0.6) is 0 Å². The van der Waals surface area contributed by atoms with Crippen molar-refractivity contribution < 1.29 is 9.90 Å². The Kier molecular flexibility index (Phi) is 5.43. The van der Waals surface area contributed by atoms with Gasteiger partial charge in [0.15, 0.2) is 0 Å². The number of hydrogen-bond acceptors (Lipinski definition) is 2. The number of carbonyl (C=O) groups excluding carboxylic acids is 1. The molecule has 2 rings (SSSR count). The summed E-state index contributed by atoms with van der Waals surface area (Å²) in [5, 5.41) is 14.3. The molecule has 0 radical (unpaired) electrons. The standard InChI is InChI=1S/C15H21BrN2O2/c16-13-5-3-12(4-6-13)15(7-1-2-8-15)11-18-14(20)17-9-10-19/h3-6,19H,1-2,7-11H2,(H2,17,18,20). The Bertz CT molecular complexity index is 442. The van der Waals surface area contributed by atoms with Gasteiger partial charge in [0, 0.05) is 23.0 Å². The van der Waals surface area contributed by atoms with Crippen molar-refractivity contribution >= 4 is 22.0 Å². The van der Waals surface area contributed by atoms with E-state index >= 15 is 0 Å². The van der Waals surface area contributed by atoms with Crippen LogP contribution in [0, 0.1) is 0 Å². The van der Waals surface area contributed by atoms with Gasteiger partial charge in [-0.3, -0.25) is 0 Å². The number of aliphatic hydroxyl groups is 1. The van der Waals surface area contributed by atoms with E-state index in [9.17, 15) is 4.79 Å². The molecule has 1 aliphatic carbocycles. The number of carbonyl (C=O) groups is 1. The molecule has 2 amide bonds. The number of halogens is 1. The van der Waals surface area contributed by atoms with Gasteiger partial charge >= 0.3 is 6.03 Å². The highest BCUT2D eigenvalue weighted by molar-refractivity contribution is 9.10. The van der Waals surface area contributed by atoms with E-state index in [1.807, 2.05) is 0 Å². The molecule has 4 nitrogen and oxygen atoms in total. The van der Waals surface area contributed by atoms with Gasteiger partial charge in [0.2, 0.25) is 0 Å². The molecule has 1 aromatic carbocycles. The first-order chi connectivity index (χ1) is 9.66. The average molecular weight is 341 g/mol. The number of amides is 2. The van der Waals surface area contributed by atoms with Crippen LogP contribution in [0.1, 0.15) is 31.2 Å². The van der Waals surface area contributed by atoms with Crippen LogP contribution in [0.15, 0.2) is 28.7 Å². The third kappa shape index (κ3) is 3.73. The summed E-state index contributed by atoms with van der Waals surface area (Å²) in [6.07, 6.45) is 4.62. The van der Waals surface area contributed by atoms with Crippen molar-refractivity contribution in [3.05, 3.63) is 34.3 Å². The van der Waals surface area contributed by atoms with Gasteiger partial charge in [-0.2, -0.15) is 0 Å². The molecular formula is C15H21BrN2O2. The highest BCUT2D eigenvalue weighted by Crippen LogP contribution is 2.40. The van der Waals surface area contributed by atoms with Crippen LogP contribution in [-0.4, -0.2) is 30.8 Å². The molecule has 0 heterocycles. The van der Waals surface area contributed by atoms with Gasteiger partial charge in [-0.1, -0.05) is 40.9 Å². The van der Waals surface area contributed by atoms with Crippen LogP contribution in [0.2, 0.25) is 0 Å². The molecule has 0 bridgehead atoms. The normalized spacial score (nSPS) is 16.9. The molecule has 1 fully saturated rings. The molecule has 20 heavy (non-hydrogen) atoms. The second kappa shape index (κ2) is 7.09. The zero-order valence-corrected chi connectivity index (χ0v) is 13.1. The summed E-state index contributed by atoms with van der Waals surface area (Å²) in [6.45, 7) is 0.897. The topological polar surface area (TPSA) is 61.4 Å². The Hall–Kier alpha value is -1.07. The predicted octanol–water partition coefficient (Wildman–Crippen LogP) is 2.55. The molecule has 1 saturated carbocycles. The van der Waals surface area contributed by atoms with Crippen molar-refractivity contribution in [1.29, 1.82) is 0 Å². The van der Waals surface area contributed by atoms with E-state index in [4.69, 9.17) is 5.11 Å². The molecule has 0 unspecified atom stereocenters. The summed E-state index contributed by atoms with van der Waals surface area (Å²) >= 11 is 3.46. The molecule has 0 aromatic heterocycles. The molecule has 110 valence electrons. The van der Waals surface area contributed by atoms with E-state index in [1.54, 1.807) is 0 Å². The fourth-order valence-electron chi connectivity index (χ4n) is 2.90. The van der Waals surface area contributed by atoms with Crippen molar-refractivity contribution in [2.75, 3.05) is 19.7 Å². The van der Waals surface area contributed by atoms with Crippen molar-refractivity contribution in [2.45, 2.75) is 31.1 Å². The maximum atomic E-state index is 11.6. The minimum atomic E-state index is -0.206. The van der Waals surface area contributed by atoms with Gasteiger partial charge in [-0.25, -0.2) is 4.79 Å². The monoisotopic (exact) mass is 340 g/mol. The minimum absolute atomic E-state index is 0.0364. The predicted molar refractivity (Wildman–Crippen MR) is 82.8 cm³/mol. The van der Waals surface area contributed by atoms with Crippen molar-refractivity contribution in [3.63, 3.8) is 0 Å². The lowest BCUT2D eigenvalue weighted by Crippen LogP contribution is -2.44. The van der Waals surface area contributed by atoms with Gasteiger partial charge in [0.25, 0.3) is 0 Å². The van der Waals surface area contributed by atoms with E-state index in [0.717, 1.165) is 17.3 Å². The van der Waals surface area contributed by atoms with Gasteiger partial charge < -0.3 is 15.7 Å². The summed E-state index contributed by atoms with van der Waals surface area (Å²) in [5.74, 6) is 0. The molecule has 1 aliphatic rings. The lowest BCUT2D eigenvalue weighted by atomic mass is 9.79. The fourth-order valence-corrected chi connectivity index (χ4v) is 3.17. The van der Waals surface area contributed by atoms with Gasteiger partial charge in [-0.05, 0) is 30.5 Å². The Morgan fingerprint density at radius 2 is 1.85 bits per heavy atom. The molecule has 3 N–H and O–H groups in total. The zero-order valence-electron chi connectivity index (χ0n) is 11.5. The molecule has 0 spiro atoms. The van der Waals surface area contributed by atoms with Gasteiger partial charge in [0.05, 0.1) is 6.61 Å². The number of hydrogen-bond donors (Lipinski definition) is 3. The van der Waals surface area contributed by atoms with Crippen LogP contribution < -0.4 is 10.6 Å². The number of rotatable bonds is 5. The Balaban J connectivity index is 2.02. The largest absolute Gasteiger partial charge is 0.395 e. The summed E-state index contributed by atoms with van der Waals surface area (Å²) in [6, 6.07) is 8.19. The van der Waals surface area contributed by atoms with Crippen LogP contribution in [0.25, 0.3) is 0 Å². The van der Waals surface area contributed by atoms with E-state index < -0.39 is 0 Å². The first kappa shape index (κ1) is 15.3. The van der Waals surface area contributed by atoms with E-state index in [0.29, 0.717) is 6.54 Å². The first-order valence-electron chi connectivity index (χ1n) is 7.05. The molecular weight excluding hydrogens is 320 g/mol. The SMILES string of the molecule is O=C(NCCO)NCC1(c2ccc(Br)cc2)CCCC1. The maximum Gasteiger partial charge on any atom is 0.314 e. The smallest absolute Gasteiger partial charge is 0.314 e. The highest BCUT2D eigenvalue weighted by atomic mass is 79.9.